The van der Waals surface area contributed by atoms with Crippen LogP contribution in [0.25, 0.3) is 0 Å². The van der Waals surface area contributed by atoms with Gasteiger partial charge in [-0.25, -0.2) is 13.2 Å². The third-order valence-electron chi connectivity index (χ3n) is 5.02. The average Bonchev–Trinajstić information content (AvgIpc) is 3.24. The van der Waals surface area contributed by atoms with Gasteiger partial charge in [-0.15, -0.1) is 11.8 Å². The molecule has 35 heavy (non-hydrogen) atoms. The molecular weight excluding hydrogens is 513 g/mol. The fourth-order valence-electron chi connectivity index (χ4n) is 3.58. The number of hydrogen-bond acceptors (Lipinski definition) is 7. The maximum Gasteiger partial charge on any atom is 1.00 e. The first kappa shape index (κ1) is 32.2. The van der Waals surface area contributed by atoms with Crippen LogP contribution in [-0.4, -0.2) is 54.7 Å². The molecule has 10 heteroatoms. The molecule has 0 saturated carbocycles. The van der Waals surface area contributed by atoms with E-state index in [0.29, 0.717) is 25.1 Å². The Kier molecular flexibility index (Phi) is 13.1. The number of carbonyl (C=O) groups is 1. The van der Waals surface area contributed by atoms with Crippen molar-refractivity contribution in [2.24, 2.45) is 0 Å². The zero-order valence-corrected chi connectivity index (χ0v) is 25.9. The Morgan fingerprint density at radius 2 is 1.80 bits per heavy atom. The molecule has 0 radical (unpaired) electrons. The predicted octanol–water partition coefficient (Wildman–Crippen LogP) is 2.62. The zero-order chi connectivity index (χ0) is 25.5. The number of thioether (sulfide) groups is 1. The first-order valence-electron chi connectivity index (χ1n) is 11.3. The van der Waals surface area contributed by atoms with Crippen LogP contribution in [0.15, 0.2) is 57.2 Å². The summed E-state index contributed by atoms with van der Waals surface area (Å²) in [7, 11) is -3.74. The fourth-order valence-corrected chi connectivity index (χ4v) is 5.70. The number of aromatic hydroxyl groups is 1. The van der Waals surface area contributed by atoms with Gasteiger partial charge in [0.25, 0.3) is 0 Å². The molecule has 1 aliphatic heterocycles. The van der Waals surface area contributed by atoms with Gasteiger partial charge in [0.05, 0.1) is 9.79 Å². The van der Waals surface area contributed by atoms with Crippen molar-refractivity contribution in [2.45, 2.75) is 67.2 Å². The zero-order valence-electron chi connectivity index (χ0n) is 21.4. The van der Waals surface area contributed by atoms with Crippen molar-refractivity contribution in [3.63, 3.8) is 0 Å². The Morgan fingerprint density at radius 3 is 2.37 bits per heavy atom. The molecular formula is C25H34NNaO5S3. The van der Waals surface area contributed by atoms with E-state index >= 15 is 0 Å². The van der Waals surface area contributed by atoms with Gasteiger partial charge in [-0.1, -0.05) is 26.0 Å². The van der Waals surface area contributed by atoms with Gasteiger partial charge in [-0.2, -0.15) is 5.75 Å². The van der Waals surface area contributed by atoms with Crippen LogP contribution in [0.4, 0.5) is 4.79 Å². The van der Waals surface area contributed by atoms with Gasteiger partial charge in [0.2, 0.25) is 9.84 Å². The molecule has 1 unspecified atom stereocenters. The number of amides is 1. The molecule has 1 heterocycles. The molecule has 1 amide bonds. The summed E-state index contributed by atoms with van der Waals surface area (Å²) in [6.45, 7) is 10.4. The predicted molar refractivity (Wildman–Crippen MR) is 139 cm³/mol. The molecule has 2 aromatic carbocycles. The van der Waals surface area contributed by atoms with Gasteiger partial charge in [0.1, 0.15) is 11.4 Å². The van der Waals surface area contributed by atoms with Gasteiger partial charge in [0, 0.05) is 23.9 Å². The summed E-state index contributed by atoms with van der Waals surface area (Å²) in [5, 5.41) is 10.6. The average molecular weight is 548 g/mol. The minimum Gasteiger partial charge on any atom is -0.793 e. The third-order valence-corrected chi connectivity index (χ3v) is 7.64. The van der Waals surface area contributed by atoms with Crippen LogP contribution >= 0.6 is 11.8 Å². The number of sulfone groups is 1. The smallest absolute Gasteiger partial charge is 0.793 e. The Balaban J connectivity index is 0.00000145. The summed E-state index contributed by atoms with van der Waals surface area (Å²) in [6.07, 6.45) is 0.299. The molecule has 1 N–H and O–H groups in total. The molecule has 0 aromatic heterocycles. The number of nitrogens with zero attached hydrogens (tertiary/aromatic N) is 1. The summed E-state index contributed by atoms with van der Waals surface area (Å²) in [6, 6.07) is 11.3. The summed E-state index contributed by atoms with van der Waals surface area (Å²) >= 11 is 5.97. The maximum atomic E-state index is 13.1. The van der Waals surface area contributed by atoms with Gasteiger partial charge in [-0.3, -0.25) is 0 Å². The Bertz CT molecular complexity index is 1090. The van der Waals surface area contributed by atoms with Crippen molar-refractivity contribution < 1.29 is 52.6 Å². The first-order chi connectivity index (χ1) is 15.9. The molecule has 6 nitrogen and oxygen atoms in total. The van der Waals surface area contributed by atoms with E-state index in [9.17, 15) is 18.3 Å². The van der Waals surface area contributed by atoms with Crippen LogP contribution in [0.2, 0.25) is 0 Å². The van der Waals surface area contributed by atoms with Crippen molar-refractivity contribution in [3.8, 4) is 5.75 Å². The normalized spacial score (nSPS) is 15.6. The summed E-state index contributed by atoms with van der Waals surface area (Å²) in [4.78, 5) is 15.1. The van der Waals surface area contributed by atoms with E-state index in [1.807, 2.05) is 40.7 Å². The van der Waals surface area contributed by atoms with Crippen LogP contribution < -0.4 is 29.6 Å². The summed E-state index contributed by atoms with van der Waals surface area (Å²) in [5.41, 5.74) is 0.0700. The van der Waals surface area contributed by atoms with E-state index < -0.39 is 15.4 Å². The molecule has 188 valence electrons. The van der Waals surface area contributed by atoms with Gasteiger partial charge >= 0.3 is 35.7 Å². The third kappa shape index (κ3) is 9.20. The quantitative estimate of drug-likeness (QED) is 0.350. The van der Waals surface area contributed by atoms with Gasteiger partial charge in [0.15, 0.2) is 0 Å². The second kappa shape index (κ2) is 14.2. The number of phenols is 1. The second-order valence-electron chi connectivity index (χ2n) is 8.83. The number of rotatable bonds is 5. The number of hydrogen-bond donors (Lipinski definition) is 1. The maximum absolute atomic E-state index is 13.1. The van der Waals surface area contributed by atoms with Crippen LogP contribution in [-0.2, 0) is 27.2 Å². The van der Waals surface area contributed by atoms with Crippen molar-refractivity contribution >= 4 is 40.3 Å². The van der Waals surface area contributed by atoms with Crippen molar-refractivity contribution in [1.82, 2.24) is 4.90 Å². The summed E-state index contributed by atoms with van der Waals surface area (Å²) in [5.74, 6) is 1.53. The summed E-state index contributed by atoms with van der Waals surface area (Å²) < 4.78 is 31.5. The SMILES string of the molecule is CCSc1cccc(S(=O)(=O)c2ccc(C3CCN(C(=O)OC(C)(C)C)C3)c(O)c2)c1.CC[S-].[Na+]. The largest absolute Gasteiger partial charge is 1.00 e. The minimum absolute atomic E-state index is 0. The molecule has 1 fully saturated rings. The van der Waals surface area contributed by atoms with Crippen molar-refractivity contribution in [3.05, 3.63) is 48.0 Å². The van der Waals surface area contributed by atoms with E-state index in [2.05, 4.69) is 12.6 Å². The fraction of sp³-hybridized carbons (Fsp3) is 0.480. The molecule has 1 saturated heterocycles. The van der Waals surface area contributed by atoms with E-state index in [4.69, 9.17) is 4.74 Å². The van der Waals surface area contributed by atoms with E-state index in [1.165, 1.54) is 12.1 Å². The van der Waals surface area contributed by atoms with Crippen molar-refractivity contribution in [1.29, 1.82) is 0 Å². The number of likely N-dealkylation sites (tertiary alicyclic amines) is 1. The topological polar surface area (TPSA) is 83.9 Å². The van der Waals surface area contributed by atoms with E-state index in [1.54, 1.807) is 40.9 Å². The molecule has 1 atom stereocenters. The molecule has 2 aromatic rings. The van der Waals surface area contributed by atoms with Crippen LogP contribution in [0, 0.1) is 0 Å². The molecule has 0 bridgehead atoms. The number of carbonyl (C=O) groups excluding carboxylic acids is 1. The molecule has 0 aliphatic carbocycles. The van der Waals surface area contributed by atoms with Gasteiger partial charge in [-0.05, 0) is 68.8 Å². The van der Waals surface area contributed by atoms with Crippen LogP contribution in [0.5, 0.6) is 5.75 Å². The van der Waals surface area contributed by atoms with Crippen LogP contribution in [0.3, 0.4) is 0 Å². The Labute approximate surface area is 241 Å². The Morgan fingerprint density at radius 1 is 1.17 bits per heavy atom. The van der Waals surface area contributed by atoms with Crippen LogP contribution in [0.1, 0.15) is 52.5 Å². The Hall–Kier alpha value is -0.840. The first-order valence-corrected chi connectivity index (χ1v) is 14.3. The molecule has 0 spiro atoms. The monoisotopic (exact) mass is 547 g/mol. The minimum atomic E-state index is -3.74. The molecule has 1 aliphatic rings. The standard InChI is InChI=1S/C23H29NO5S2.C2H6S.Na/c1-5-30-17-7-6-8-18(13-17)31(27,28)19-9-10-20(21(25)14-19)16-11-12-24(15-16)22(26)29-23(2,3)4;1-2-3;/h6-10,13-14,16,25H,5,11-12,15H2,1-4H3;3H,2H2,1H3;/q;;+1/p-1. The number of benzene rings is 2. The second-order valence-corrected chi connectivity index (χ2v) is 12.7. The van der Waals surface area contributed by atoms with E-state index in [0.717, 1.165) is 16.4 Å². The van der Waals surface area contributed by atoms with Gasteiger partial charge < -0.3 is 27.4 Å². The number of phenolic OH excluding ortho intramolecular Hbond substituents is 1. The number of ether oxygens (including phenoxy) is 1. The van der Waals surface area contributed by atoms with Crippen molar-refractivity contribution in [2.75, 3.05) is 24.6 Å². The molecule has 3 rings (SSSR count). The van der Waals surface area contributed by atoms with E-state index in [-0.39, 0.29) is 57.1 Å².